The number of nitrogens with one attached hydrogen (secondary N) is 1. The summed E-state index contributed by atoms with van der Waals surface area (Å²) < 4.78 is 11.4. The zero-order valence-corrected chi connectivity index (χ0v) is 13.8. The van der Waals surface area contributed by atoms with E-state index in [0.29, 0.717) is 11.7 Å². The molecule has 0 atom stereocenters. The molecule has 2 aromatic rings. The summed E-state index contributed by atoms with van der Waals surface area (Å²) in [6.45, 7) is 6.62. The molecule has 1 amide bonds. The van der Waals surface area contributed by atoms with Crippen LogP contribution < -0.4 is 10.1 Å². The second kappa shape index (κ2) is 7.83. The first-order chi connectivity index (χ1) is 11.0. The second-order valence-electron chi connectivity index (χ2n) is 5.73. The summed E-state index contributed by atoms with van der Waals surface area (Å²) in [6.07, 6.45) is 0. The molecule has 0 radical (unpaired) electrons. The summed E-state index contributed by atoms with van der Waals surface area (Å²) in [7, 11) is 0. The van der Waals surface area contributed by atoms with Crippen LogP contribution >= 0.6 is 0 Å². The summed E-state index contributed by atoms with van der Waals surface area (Å²) in [5.74, 6) is 1.65. The van der Waals surface area contributed by atoms with Crippen LogP contribution in [0, 0.1) is 6.92 Å². The van der Waals surface area contributed by atoms with Crippen molar-refractivity contribution in [2.75, 3.05) is 13.2 Å². The van der Waals surface area contributed by atoms with Gasteiger partial charge in [0, 0.05) is 6.54 Å². The van der Waals surface area contributed by atoms with Crippen LogP contribution in [0.1, 0.15) is 47.2 Å². The summed E-state index contributed by atoms with van der Waals surface area (Å²) in [6, 6.07) is 9.47. The van der Waals surface area contributed by atoms with Gasteiger partial charge in [0.2, 0.25) is 0 Å². The summed E-state index contributed by atoms with van der Waals surface area (Å²) >= 11 is 0. The minimum absolute atomic E-state index is 0.103. The van der Waals surface area contributed by atoms with Gasteiger partial charge in [0.1, 0.15) is 18.1 Å². The minimum Gasteiger partial charge on any atom is -0.485 e. The maximum Gasteiger partial charge on any atom is 0.287 e. The molecule has 0 aliphatic rings. The number of carbonyl (C=O) groups is 1. The molecule has 0 fully saturated rings. The van der Waals surface area contributed by atoms with Crippen LogP contribution in [0.4, 0.5) is 0 Å². The predicted molar refractivity (Wildman–Crippen MR) is 87.7 cm³/mol. The van der Waals surface area contributed by atoms with Crippen molar-refractivity contribution in [2.24, 2.45) is 0 Å². The maximum atomic E-state index is 11.7. The van der Waals surface area contributed by atoms with Crippen LogP contribution in [0.2, 0.25) is 0 Å². The topological polar surface area (TPSA) is 71.7 Å². The van der Waals surface area contributed by atoms with E-state index in [1.54, 1.807) is 12.1 Å². The van der Waals surface area contributed by atoms with Gasteiger partial charge in [-0.1, -0.05) is 26.0 Å². The van der Waals surface area contributed by atoms with E-state index >= 15 is 0 Å². The Bertz CT molecular complexity index is 661. The normalized spacial score (nSPS) is 10.8. The van der Waals surface area contributed by atoms with Crippen LogP contribution in [-0.4, -0.2) is 24.2 Å². The Hall–Kier alpha value is -2.27. The van der Waals surface area contributed by atoms with E-state index in [1.165, 1.54) is 0 Å². The lowest BCUT2D eigenvalue weighted by molar-refractivity contribution is 0.0913. The van der Waals surface area contributed by atoms with Crippen LogP contribution in [0.25, 0.3) is 0 Å². The fraction of sp³-hybridized carbons (Fsp3) is 0.389. The van der Waals surface area contributed by atoms with E-state index in [4.69, 9.17) is 14.3 Å². The third-order valence-electron chi connectivity index (χ3n) is 3.44. The number of ether oxygens (including phenoxy) is 1. The van der Waals surface area contributed by atoms with E-state index in [0.717, 1.165) is 16.9 Å². The van der Waals surface area contributed by atoms with E-state index in [-0.39, 0.29) is 31.4 Å². The fourth-order valence-electron chi connectivity index (χ4n) is 2.23. The number of hydrogen-bond acceptors (Lipinski definition) is 4. The molecule has 0 unspecified atom stereocenters. The predicted octanol–water partition coefficient (Wildman–Crippen LogP) is 3.01. The molecule has 0 saturated heterocycles. The van der Waals surface area contributed by atoms with Gasteiger partial charge in [-0.2, -0.15) is 0 Å². The first-order valence-corrected chi connectivity index (χ1v) is 7.72. The number of hydrogen-bond donors (Lipinski definition) is 2. The molecule has 0 aliphatic heterocycles. The van der Waals surface area contributed by atoms with Gasteiger partial charge in [-0.15, -0.1) is 0 Å². The highest BCUT2D eigenvalue weighted by atomic mass is 16.5. The zero-order chi connectivity index (χ0) is 16.8. The summed E-state index contributed by atoms with van der Waals surface area (Å²) in [4.78, 5) is 11.7. The van der Waals surface area contributed by atoms with Crippen LogP contribution in [0.15, 0.2) is 34.7 Å². The first kappa shape index (κ1) is 17.1. The van der Waals surface area contributed by atoms with Crippen molar-refractivity contribution in [1.82, 2.24) is 5.32 Å². The van der Waals surface area contributed by atoms with Crippen molar-refractivity contribution < 1.29 is 19.1 Å². The average Bonchev–Trinajstić information content (AvgIpc) is 2.99. The monoisotopic (exact) mass is 317 g/mol. The lowest BCUT2D eigenvalue weighted by atomic mass is 10.0. The Morgan fingerprint density at radius 1 is 1.30 bits per heavy atom. The fourth-order valence-corrected chi connectivity index (χ4v) is 2.23. The van der Waals surface area contributed by atoms with E-state index < -0.39 is 0 Å². The van der Waals surface area contributed by atoms with Crippen molar-refractivity contribution >= 4 is 5.91 Å². The molecule has 0 aliphatic carbocycles. The SMILES string of the molecule is Cc1ccc(C(C)C)c(OCc2ccc(C(=O)NCCO)o2)c1. The Morgan fingerprint density at radius 3 is 2.78 bits per heavy atom. The lowest BCUT2D eigenvalue weighted by Gasteiger charge is -2.14. The van der Waals surface area contributed by atoms with Gasteiger partial charge in [-0.25, -0.2) is 0 Å². The highest BCUT2D eigenvalue weighted by molar-refractivity contribution is 5.91. The Balaban J connectivity index is 2.03. The first-order valence-electron chi connectivity index (χ1n) is 7.72. The van der Waals surface area contributed by atoms with Gasteiger partial charge in [-0.05, 0) is 42.2 Å². The molecule has 0 bridgehead atoms. The third-order valence-corrected chi connectivity index (χ3v) is 3.44. The highest BCUT2D eigenvalue weighted by Gasteiger charge is 2.12. The zero-order valence-electron chi connectivity index (χ0n) is 13.8. The number of carbonyl (C=O) groups excluding carboxylic acids is 1. The third kappa shape index (κ3) is 4.60. The van der Waals surface area contributed by atoms with Crippen LogP contribution in [-0.2, 0) is 6.61 Å². The number of aryl methyl sites for hydroxylation is 1. The average molecular weight is 317 g/mol. The smallest absolute Gasteiger partial charge is 0.287 e. The number of aliphatic hydroxyl groups excluding tert-OH is 1. The molecule has 5 heteroatoms. The van der Waals surface area contributed by atoms with Crippen molar-refractivity contribution in [3.05, 3.63) is 53.0 Å². The molecular weight excluding hydrogens is 294 g/mol. The van der Waals surface area contributed by atoms with Gasteiger partial charge in [-0.3, -0.25) is 4.79 Å². The molecule has 23 heavy (non-hydrogen) atoms. The van der Waals surface area contributed by atoms with Crippen molar-refractivity contribution in [2.45, 2.75) is 33.3 Å². The van der Waals surface area contributed by atoms with Crippen molar-refractivity contribution in [1.29, 1.82) is 0 Å². The number of amides is 1. The standard InChI is InChI=1S/C18H23NO4/c1-12(2)15-6-4-13(3)10-17(15)22-11-14-5-7-16(23-14)18(21)19-8-9-20/h4-7,10,12,20H,8-9,11H2,1-3H3,(H,19,21). The lowest BCUT2D eigenvalue weighted by Crippen LogP contribution is -2.25. The highest BCUT2D eigenvalue weighted by Crippen LogP contribution is 2.28. The largest absolute Gasteiger partial charge is 0.485 e. The molecule has 2 N–H and O–H groups in total. The summed E-state index contributed by atoms with van der Waals surface area (Å²) in [5.41, 5.74) is 2.27. The van der Waals surface area contributed by atoms with Crippen molar-refractivity contribution in [3.63, 3.8) is 0 Å². The van der Waals surface area contributed by atoms with E-state index in [9.17, 15) is 4.79 Å². The minimum atomic E-state index is -0.344. The summed E-state index contributed by atoms with van der Waals surface area (Å²) in [5, 5.41) is 11.2. The molecule has 1 aromatic carbocycles. The molecule has 124 valence electrons. The molecule has 1 heterocycles. The molecule has 1 aromatic heterocycles. The van der Waals surface area contributed by atoms with Gasteiger partial charge >= 0.3 is 0 Å². The van der Waals surface area contributed by atoms with Crippen LogP contribution in [0.3, 0.4) is 0 Å². The maximum absolute atomic E-state index is 11.7. The Morgan fingerprint density at radius 2 is 2.09 bits per heavy atom. The Kier molecular flexibility index (Phi) is 5.82. The molecule has 2 rings (SSSR count). The van der Waals surface area contributed by atoms with Gasteiger partial charge in [0.25, 0.3) is 5.91 Å². The number of rotatable bonds is 7. The van der Waals surface area contributed by atoms with Crippen molar-refractivity contribution in [3.8, 4) is 5.75 Å². The Labute approximate surface area is 136 Å². The van der Waals surface area contributed by atoms with E-state index in [1.807, 2.05) is 13.0 Å². The number of benzene rings is 1. The van der Waals surface area contributed by atoms with Gasteiger partial charge < -0.3 is 19.6 Å². The van der Waals surface area contributed by atoms with Gasteiger partial charge in [0.05, 0.1) is 6.61 Å². The molecular formula is C18H23NO4. The number of aliphatic hydroxyl groups is 1. The van der Waals surface area contributed by atoms with E-state index in [2.05, 4.69) is 31.3 Å². The van der Waals surface area contributed by atoms with Gasteiger partial charge in [0.15, 0.2) is 5.76 Å². The number of furan rings is 1. The molecule has 0 saturated carbocycles. The second-order valence-corrected chi connectivity index (χ2v) is 5.73. The molecule has 0 spiro atoms. The van der Waals surface area contributed by atoms with Crippen LogP contribution in [0.5, 0.6) is 5.75 Å². The quantitative estimate of drug-likeness (QED) is 0.823. The molecule has 5 nitrogen and oxygen atoms in total.